The normalized spacial score (nSPS) is 23.4. The van der Waals surface area contributed by atoms with Crippen molar-refractivity contribution in [1.29, 1.82) is 0 Å². The molecule has 246 valence electrons. The molecule has 5 amide bonds. The Morgan fingerprint density at radius 3 is 2.38 bits per heavy atom. The Hall–Kier alpha value is -5.85. The number of hydrogen-bond donors (Lipinski definition) is 4. The average molecular weight is 654 g/mol. The van der Waals surface area contributed by atoms with E-state index in [0.29, 0.717) is 47.9 Å². The van der Waals surface area contributed by atoms with Gasteiger partial charge in [-0.15, -0.1) is 6.58 Å². The van der Waals surface area contributed by atoms with Crippen LogP contribution < -0.4 is 20.3 Å². The number of ether oxygens (including phenoxy) is 3. The highest BCUT2D eigenvalue weighted by atomic mass is 16.6. The van der Waals surface area contributed by atoms with Crippen molar-refractivity contribution in [1.82, 2.24) is 10.6 Å². The zero-order valence-electron chi connectivity index (χ0n) is 25.8. The maximum absolute atomic E-state index is 13.6. The van der Waals surface area contributed by atoms with Crippen molar-refractivity contribution in [2.75, 3.05) is 11.9 Å². The second kappa shape index (κ2) is 11.1. The summed E-state index contributed by atoms with van der Waals surface area (Å²) in [6.07, 6.45) is 1.48. The van der Waals surface area contributed by atoms with E-state index in [1.807, 2.05) is 0 Å². The summed E-state index contributed by atoms with van der Waals surface area (Å²) in [4.78, 5) is 65.5. The number of anilines is 1. The van der Waals surface area contributed by atoms with Gasteiger partial charge in [-0.05, 0) is 68.4 Å². The number of allylic oxidation sites excluding steroid dienone is 1. The molecule has 1 spiro atoms. The maximum atomic E-state index is 13.6. The van der Waals surface area contributed by atoms with Crippen molar-refractivity contribution in [2.45, 2.75) is 43.8 Å². The summed E-state index contributed by atoms with van der Waals surface area (Å²) in [6.45, 7) is 3.69. The molecule has 3 aliphatic heterocycles. The Kier molecular flexibility index (Phi) is 7.15. The lowest BCUT2D eigenvalue weighted by atomic mass is 9.64. The number of carbonyl (C=O) groups is 5. The summed E-state index contributed by atoms with van der Waals surface area (Å²) in [6, 6.07) is 13.4. The van der Waals surface area contributed by atoms with Crippen LogP contribution >= 0.6 is 0 Å². The van der Waals surface area contributed by atoms with E-state index in [1.165, 1.54) is 31.3 Å². The number of nitrogens with zero attached hydrogens (tertiary/aromatic N) is 1. The summed E-state index contributed by atoms with van der Waals surface area (Å²) in [5.74, 6) is -2.60. The highest BCUT2D eigenvalue weighted by molar-refractivity contribution is 6.19. The number of benzene rings is 3. The second-order valence-electron chi connectivity index (χ2n) is 12.3. The first kappa shape index (κ1) is 30.8. The zero-order valence-corrected chi connectivity index (χ0v) is 25.8. The van der Waals surface area contributed by atoms with Crippen LogP contribution in [0.15, 0.2) is 67.3 Å². The Balaban J connectivity index is 1.17. The van der Waals surface area contributed by atoms with E-state index >= 15 is 0 Å². The van der Waals surface area contributed by atoms with Gasteiger partial charge in [0.1, 0.15) is 34.5 Å². The fourth-order valence-corrected chi connectivity index (χ4v) is 7.52. The summed E-state index contributed by atoms with van der Waals surface area (Å²) in [7, 11) is 1.40. The van der Waals surface area contributed by atoms with Gasteiger partial charge in [0, 0.05) is 24.2 Å². The standard InChI is InChI=1S/C35H31N3O10/c1-3-16-34(30(42)36-32(44)37-31(34)43)18-8-11-20(12-9-18)46-33(45)38(2)27-25(40)15-14-24-28(27)47-26-17-19(39)10-13-23(26)35(24)22-7-5-4-6-21(22)29(41)48-35/h3-7,10,13-15,17-18,20,39-40H,1,8-9,11-12,16H2,2H3,(H2,36,37,42,43,44). The van der Waals surface area contributed by atoms with Gasteiger partial charge in [-0.2, -0.15) is 0 Å². The first-order valence-corrected chi connectivity index (χ1v) is 15.4. The van der Waals surface area contributed by atoms with E-state index in [9.17, 15) is 34.2 Å². The van der Waals surface area contributed by atoms with Crippen LogP contribution in [0.1, 0.15) is 59.2 Å². The van der Waals surface area contributed by atoms with Gasteiger partial charge in [0.05, 0.1) is 11.1 Å². The fourth-order valence-electron chi connectivity index (χ4n) is 7.52. The molecule has 3 heterocycles. The zero-order chi connectivity index (χ0) is 34.0. The van der Waals surface area contributed by atoms with Crippen LogP contribution in [0.5, 0.6) is 23.0 Å². The van der Waals surface area contributed by atoms with Gasteiger partial charge < -0.3 is 24.4 Å². The number of phenolic OH excluding ortho intramolecular Hbond substituents is 2. The summed E-state index contributed by atoms with van der Waals surface area (Å²) in [5.41, 5.74) is -1.39. The highest BCUT2D eigenvalue weighted by Gasteiger charge is 2.56. The Morgan fingerprint density at radius 1 is 0.979 bits per heavy atom. The Morgan fingerprint density at radius 2 is 1.67 bits per heavy atom. The monoisotopic (exact) mass is 653 g/mol. The van der Waals surface area contributed by atoms with Crippen LogP contribution in [0.3, 0.4) is 0 Å². The number of urea groups is 1. The smallest absolute Gasteiger partial charge is 0.414 e. The third-order valence-corrected chi connectivity index (χ3v) is 9.80. The minimum Gasteiger partial charge on any atom is -0.508 e. The number of imide groups is 2. The molecule has 0 bridgehead atoms. The van der Waals surface area contributed by atoms with E-state index in [-0.39, 0.29) is 35.1 Å². The predicted octanol–water partition coefficient (Wildman–Crippen LogP) is 4.73. The molecule has 13 nitrogen and oxygen atoms in total. The predicted molar refractivity (Wildman–Crippen MR) is 168 cm³/mol. The van der Waals surface area contributed by atoms with Crippen molar-refractivity contribution in [3.63, 3.8) is 0 Å². The Labute approximate surface area is 274 Å². The van der Waals surface area contributed by atoms with Gasteiger partial charge in [0.2, 0.25) is 11.8 Å². The molecule has 4 N–H and O–H groups in total. The second-order valence-corrected chi connectivity index (χ2v) is 12.3. The topological polar surface area (TPSA) is 181 Å². The summed E-state index contributed by atoms with van der Waals surface area (Å²) in [5, 5.41) is 25.8. The van der Waals surface area contributed by atoms with Crippen LogP contribution in [0.2, 0.25) is 0 Å². The molecule has 2 fully saturated rings. The van der Waals surface area contributed by atoms with Gasteiger partial charge in [0.25, 0.3) is 0 Å². The molecular weight excluding hydrogens is 622 g/mol. The number of hydrogen-bond acceptors (Lipinski definition) is 10. The van der Waals surface area contributed by atoms with Crippen LogP contribution in [0.4, 0.5) is 15.3 Å². The molecule has 1 unspecified atom stereocenters. The lowest BCUT2D eigenvalue weighted by Gasteiger charge is -2.42. The molecular formula is C35H31N3O10. The van der Waals surface area contributed by atoms with Crippen LogP contribution in [-0.4, -0.2) is 53.3 Å². The van der Waals surface area contributed by atoms with E-state index < -0.39 is 52.9 Å². The van der Waals surface area contributed by atoms with Gasteiger partial charge in [-0.1, -0.05) is 24.3 Å². The molecule has 3 aromatic rings. The number of nitrogens with one attached hydrogen (secondary N) is 2. The summed E-state index contributed by atoms with van der Waals surface area (Å²) >= 11 is 0. The van der Waals surface area contributed by atoms with Gasteiger partial charge in [0.15, 0.2) is 11.4 Å². The lowest BCUT2D eigenvalue weighted by Crippen LogP contribution is -2.65. The van der Waals surface area contributed by atoms with Gasteiger partial charge in [-0.25, -0.2) is 14.4 Å². The van der Waals surface area contributed by atoms with Crippen LogP contribution in [-0.2, 0) is 24.7 Å². The van der Waals surface area contributed by atoms with Crippen LogP contribution in [0, 0.1) is 11.3 Å². The molecule has 1 saturated heterocycles. The van der Waals surface area contributed by atoms with Crippen LogP contribution in [0.25, 0.3) is 0 Å². The molecule has 0 radical (unpaired) electrons. The van der Waals surface area contributed by atoms with E-state index in [0.717, 1.165) is 4.90 Å². The van der Waals surface area contributed by atoms with Crippen molar-refractivity contribution in [3.05, 3.63) is 89.5 Å². The average Bonchev–Trinajstić information content (AvgIpc) is 3.35. The molecule has 48 heavy (non-hydrogen) atoms. The number of phenols is 2. The van der Waals surface area contributed by atoms with E-state index in [1.54, 1.807) is 36.4 Å². The number of amides is 5. The summed E-state index contributed by atoms with van der Waals surface area (Å²) < 4.78 is 18.2. The minimum atomic E-state index is -1.50. The minimum absolute atomic E-state index is 0.0241. The third kappa shape index (κ3) is 4.41. The quantitative estimate of drug-likeness (QED) is 0.171. The molecule has 7 rings (SSSR count). The largest absolute Gasteiger partial charge is 0.508 e. The lowest BCUT2D eigenvalue weighted by molar-refractivity contribution is -0.150. The van der Waals surface area contributed by atoms with Gasteiger partial charge in [-0.3, -0.25) is 25.1 Å². The maximum Gasteiger partial charge on any atom is 0.414 e. The molecule has 3 aromatic carbocycles. The van der Waals surface area contributed by atoms with E-state index in [2.05, 4.69) is 17.2 Å². The molecule has 13 heteroatoms. The van der Waals surface area contributed by atoms with E-state index in [4.69, 9.17) is 14.2 Å². The highest BCUT2D eigenvalue weighted by Crippen LogP contribution is 2.59. The van der Waals surface area contributed by atoms with Crippen molar-refractivity contribution in [2.24, 2.45) is 11.3 Å². The molecule has 1 aliphatic carbocycles. The number of fused-ring (bicyclic) bond motifs is 6. The SMILES string of the molecule is C=CCC1(C2CCC(OC(=O)N(C)c3c(O)ccc4c3Oc3cc(O)ccc3C43OC(=O)c4ccccc43)CC2)C(=O)NC(=O)NC1=O. The van der Waals surface area contributed by atoms with Gasteiger partial charge >= 0.3 is 18.1 Å². The molecule has 4 aliphatic rings. The number of aromatic hydroxyl groups is 2. The van der Waals surface area contributed by atoms with Crippen molar-refractivity contribution in [3.8, 4) is 23.0 Å². The molecule has 0 aromatic heterocycles. The van der Waals surface area contributed by atoms with Crippen molar-refractivity contribution < 1.29 is 48.4 Å². The Bertz CT molecular complexity index is 1910. The number of rotatable bonds is 5. The number of barbiturate groups is 1. The first-order chi connectivity index (χ1) is 23.0. The number of esters is 1. The molecule has 1 atom stereocenters. The first-order valence-electron chi connectivity index (χ1n) is 15.4. The van der Waals surface area contributed by atoms with Crippen molar-refractivity contribution >= 4 is 35.6 Å². The molecule has 1 saturated carbocycles. The number of carbonyl (C=O) groups excluding carboxylic acids is 5. The third-order valence-electron chi connectivity index (χ3n) is 9.80. The fraction of sp³-hybridized carbons (Fsp3) is 0.286.